The van der Waals surface area contributed by atoms with Crippen molar-refractivity contribution in [3.63, 3.8) is 0 Å². The van der Waals surface area contributed by atoms with E-state index in [1.165, 1.54) is 17.5 Å². The van der Waals surface area contributed by atoms with Crippen molar-refractivity contribution < 1.29 is 18.0 Å². The average Bonchev–Trinajstić information content (AvgIpc) is 3.22. The number of alkyl halides is 3. The summed E-state index contributed by atoms with van der Waals surface area (Å²) in [6.07, 6.45) is -2.67. The van der Waals surface area contributed by atoms with Gasteiger partial charge in [0, 0.05) is 17.3 Å². The monoisotopic (exact) mass is 372 g/mol. The quantitative estimate of drug-likeness (QED) is 0.848. The summed E-state index contributed by atoms with van der Waals surface area (Å²) in [7, 11) is 0. The molecule has 9 heteroatoms. The first-order chi connectivity index (χ1) is 11.8. The number of aromatic nitrogens is 2. The molecule has 1 aliphatic heterocycles. The number of hydrogen-bond acceptors (Lipinski definition) is 4. The number of thiophene rings is 1. The van der Waals surface area contributed by atoms with Crippen LogP contribution in [0.5, 0.6) is 0 Å². The number of nitrogens with one attached hydrogen (secondary N) is 2. The molecule has 3 rings (SSSR count). The predicted molar refractivity (Wildman–Crippen MR) is 89.8 cm³/mol. The molecule has 2 N–H and O–H groups in total. The first-order valence-electron chi connectivity index (χ1n) is 8.06. The van der Waals surface area contributed by atoms with Gasteiger partial charge < -0.3 is 10.6 Å². The lowest BCUT2D eigenvalue weighted by atomic mass is 10.0. The fraction of sp³-hybridized carbons (Fsp3) is 0.500. The first-order valence-corrected chi connectivity index (χ1v) is 8.94. The minimum absolute atomic E-state index is 0.0712. The molecular formula is C16H19F3N4OS. The smallest absolute Gasteiger partial charge is 0.362 e. The van der Waals surface area contributed by atoms with Gasteiger partial charge in [-0.25, -0.2) is 4.68 Å². The number of fused-ring (bicyclic) bond motifs is 1. The summed E-state index contributed by atoms with van der Waals surface area (Å²) in [5, 5.41) is 11.5. The normalized spacial score (nSPS) is 21.3. The van der Waals surface area contributed by atoms with Crippen LogP contribution in [0.25, 0.3) is 0 Å². The number of carbonyl (C=O) groups excluding carboxylic acids is 1. The molecule has 3 atom stereocenters. The number of halogens is 3. The van der Waals surface area contributed by atoms with E-state index < -0.39 is 24.2 Å². The van der Waals surface area contributed by atoms with Gasteiger partial charge in [-0.05, 0) is 24.8 Å². The van der Waals surface area contributed by atoms with E-state index in [4.69, 9.17) is 0 Å². The van der Waals surface area contributed by atoms with Crippen molar-refractivity contribution in [1.29, 1.82) is 0 Å². The second-order valence-electron chi connectivity index (χ2n) is 6.14. The molecule has 2 aromatic rings. The molecule has 0 radical (unpaired) electrons. The van der Waals surface area contributed by atoms with Crippen LogP contribution in [0.2, 0.25) is 0 Å². The Kier molecular flexibility index (Phi) is 4.77. The molecule has 1 aliphatic rings. The van der Waals surface area contributed by atoms with Gasteiger partial charge in [0.1, 0.15) is 11.4 Å². The highest BCUT2D eigenvalue weighted by molar-refractivity contribution is 7.10. The highest BCUT2D eigenvalue weighted by atomic mass is 32.1. The van der Waals surface area contributed by atoms with Crippen LogP contribution in [0.3, 0.4) is 0 Å². The van der Waals surface area contributed by atoms with Gasteiger partial charge in [0.05, 0.1) is 12.2 Å². The van der Waals surface area contributed by atoms with Gasteiger partial charge >= 0.3 is 6.18 Å². The van der Waals surface area contributed by atoms with Crippen LogP contribution in [0.1, 0.15) is 54.0 Å². The topological polar surface area (TPSA) is 59.0 Å². The molecule has 3 heterocycles. The molecule has 0 saturated heterocycles. The Morgan fingerprint density at radius 2 is 2.32 bits per heavy atom. The number of nitrogens with zero attached hydrogens (tertiary/aromatic N) is 2. The van der Waals surface area contributed by atoms with Gasteiger partial charge in [-0.15, -0.1) is 11.3 Å². The Morgan fingerprint density at radius 1 is 1.56 bits per heavy atom. The number of amides is 1. The van der Waals surface area contributed by atoms with Crippen molar-refractivity contribution >= 4 is 23.1 Å². The molecule has 0 aromatic carbocycles. The SMILES string of the molecule is CCC(C)NC(=O)c1cnn2c1N[C@@H](c1cccs1)C[C@H]2C(F)(F)F. The van der Waals surface area contributed by atoms with Crippen LogP contribution in [-0.4, -0.2) is 27.9 Å². The van der Waals surface area contributed by atoms with Gasteiger partial charge in [-0.2, -0.15) is 18.3 Å². The van der Waals surface area contributed by atoms with E-state index >= 15 is 0 Å². The largest absolute Gasteiger partial charge is 0.410 e. The van der Waals surface area contributed by atoms with Crippen LogP contribution in [0.4, 0.5) is 19.0 Å². The van der Waals surface area contributed by atoms with Crippen molar-refractivity contribution in [3.05, 3.63) is 34.2 Å². The van der Waals surface area contributed by atoms with Crippen LogP contribution >= 0.6 is 11.3 Å². The first kappa shape index (κ1) is 17.8. The summed E-state index contributed by atoms with van der Waals surface area (Å²) in [6, 6.07) is 1.25. The Bertz CT molecular complexity index is 741. The van der Waals surface area contributed by atoms with E-state index in [0.29, 0.717) is 0 Å². The van der Waals surface area contributed by atoms with Gasteiger partial charge in [0.15, 0.2) is 6.04 Å². The second kappa shape index (κ2) is 6.70. The van der Waals surface area contributed by atoms with E-state index in [2.05, 4.69) is 15.7 Å². The molecule has 0 aliphatic carbocycles. The van der Waals surface area contributed by atoms with Gasteiger partial charge in [0.2, 0.25) is 0 Å². The third-order valence-electron chi connectivity index (χ3n) is 4.36. The minimum atomic E-state index is -4.44. The van der Waals surface area contributed by atoms with Crippen LogP contribution in [0, 0.1) is 0 Å². The molecule has 1 unspecified atom stereocenters. The van der Waals surface area contributed by atoms with Gasteiger partial charge in [-0.1, -0.05) is 13.0 Å². The number of carbonyl (C=O) groups is 1. The summed E-state index contributed by atoms with van der Waals surface area (Å²) in [5.41, 5.74) is 0.135. The second-order valence-corrected chi connectivity index (χ2v) is 7.12. The van der Waals surface area contributed by atoms with Crippen LogP contribution in [0.15, 0.2) is 23.7 Å². The van der Waals surface area contributed by atoms with Crippen molar-refractivity contribution in [3.8, 4) is 0 Å². The predicted octanol–water partition coefficient (Wildman–Crippen LogP) is 4.13. The Labute approximate surface area is 147 Å². The summed E-state index contributed by atoms with van der Waals surface area (Å²) >= 11 is 1.39. The number of anilines is 1. The summed E-state index contributed by atoms with van der Waals surface area (Å²) < 4.78 is 41.5. The third kappa shape index (κ3) is 3.51. The lowest BCUT2D eigenvalue weighted by molar-refractivity contribution is -0.173. The molecule has 25 heavy (non-hydrogen) atoms. The van der Waals surface area contributed by atoms with Gasteiger partial charge in [-0.3, -0.25) is 4.79 Å². The number of hydrogen-bond donors (Lipinski definition) is 2. The van der Waals surface area contributed by atoms with E-state index in [1.54, 1.807) is 12.1 Å². The average molecular weight is 372 g/mol. The zero-order chi connectivity index (χ0) is 18.2. The fourth-order valence-electron chi connectivity index (χ4n) is 2.81. The zero-order valence-electron chi connectivity index (χ0n) is 13.8. The van der Waals surface area contributed by atoms with Crippen molar-refractivity contribution in [2.75, 3.05) is 5.32 Å². The number of rotatable bonds is 4. The molecule has 5 nitrogen and oxygen atoms in total. The van der Waals surface area contributed by atoms with Crippen molar-refractivity contribution in [2.45, 2.75) is 51.0 Å². The van der Waals surface area contributed by atoms with E-state index in [0.717, 1.165) is 16.0 Å². The maximum Gasteiger partial charge on any atom is 0.410 e. The van der Waals surface area contributed by atoms with Gasteiger partial charge in [0.25, 0.3) is 5.91 Å². The molecule has 0 spiro atoms. The van der Waals surface area contributed by atoms with E-state index in [9.17, 15) is 18.0 Å². The molecule has 136 valence electrons. The highest BCUT2D eigenvalue weighted by Gasteiger charge is 2.47. The molecule has 2 aromatic heterocycles. The van der Waals surface area contributed by atoms with Crippen molar-refractivity contribution in [2.24, 2.45) is 0 Å². The maximum atomic E-state index is 13.5. The third-order valence-corrected chi connectivity index (χ3v) is 5.35. The van der Waals surface area contributed by atoms with E-state index in [-0.39, 0.29) is 23.8 Å². The van der Waals surface area contributed by atoms with Crippen LogP contribution < -0.4 is 10.6 Å². The Morgan fingerprint density at radius 3 is 2.92 bits per heavy atom. The molecule has 0 saturated carbocycles. The van der Waals surface area contributed by atoms with Crippen LogP contribution in [-0.2, 0) is 0 Å². The maximum absolute atomic E-state index is 13.5. The highest BCUT2D eigenvalue weighted by Crippen LogP contribution is 2.44. The molecule has 0 fully saturated rings. The Hall–Kier alpha value is -2.03. The lowest BCUT2D eigenvalue weighted by Crippen LogP contribution is -2.37. The summed E-state index contributed by atoms with van der Waals surface area (Å²) in [6.45, 7) is 3.76. The van der Waals surface area contributed by atoms with Crippen molar-refractivity contribution in [1.82, 2.24) is 15.1 Å². The molecular weight excluding hydrogens is 353 g/mol. The molecule has 1 amide bonds. The summed E-state index contributed by atoms with van der Waals surface area (Å²) in [5.74, 6) is -0.302. The minimum Gasteiger partial charge on any atom is -0.362 e. The zero-order valence-corrected chi connectivity index (χ0v) is 14.6. The summed E-state index contributed by atoms with van der Waals surface area (Å²) in [4.78, 5) is 13.2. The fourth-order valence-corrected chi connectivity index (χ4v) is 3.60. The Balaban J connectivity index is 1.97. The standard InChI is InChI=1S/C16H19F3N4OS/c1-3-9(2)21-15(24)10-8-20-23-13(16(17,18)19)7-11(22-14(10)23)12-5-4-6-25-12/h4-6,8-9,11,13,22H,3,7H2,1-2H3,(H,21,24)/t9?,11-,13+/m1/s1. The molecule has 0 bridgehead atoms. The van der Waals surface area contributed by atoms with E-state index in [1.807, 2.05) is 19.2 Å². The lowest BCUT2D eigenvalue weighted by Gasteiger charge is -2.33.